The number of nitrogens with one attached hydrogen (secondary N) is 1. The summed E-state index contributed by atoms with van der Waals surface area (Å²) < 4.78 is 38.7. The lowest BCUT2D eigenvalue weighted by molar-refractivity contribution is 0.565. The predicted molar refractivity (Wildman–Crippen MR) is 79.2 cm³/mol. The first-order valence-corrected chi connectivity index (χ1v) is 8.72. The van der Waals surface area contributed by atoms with Crippen molar-refractivity contribution in [2.75, 3.05) is 12.0 Å². The zero-order chi connectivity index (χ0) is 14.4. The third kappa shape index (κ3) is 3.06. The highest BCUT2D eigenvalue weighted by Gasteiger charge is 2.17. The molecule has 0 radical (unpaired) electrons. The molecule has 8 heteroatoms. The van der Waals surface area contributed by atoms with Gasteiger partial charge in [-0.1, -0.05) is 0 Å². The van der Waals surface area contributed by atoms with Crippen LogP contribution in [0.1, 0.15) is 13.0 Å². The van der Waals surface area contributed by atoms with Crippen LogP contribution in [0.4, 0.5) is 4.39 Å². The summed E-state index contributed by atoms with van der Waals surface area (Å²) in [4.78, 5) is 2.95. The largest absolute Gasteiger partial charge is 0.331 e. The first kappa shape index (κ1) is 14.7. The molecule has 1 aromatic heterocycles. The fourth-order valence-corrected chi connectivity index (χ4v) is 3.83. The average Bonchev–Trinajstić information content (AvgIpc) is 2.52. The molecule has 1 unspecified atom stereocenters. The minimum Gasteiger partial charge on any atom is -0.331 e. The summed E-state index contributed by atoms with van der Waals surface area (Å²) in [5.41, 5.74) is 1.22. The van der Waals surface area contributed by atoms with Crippen molar-refractivity contribution in [3.05, 3.63) is 27.2 Å². The minimum absolute atomic E-state index is 0.0497. The van der Waals surface area contributed by atoms with Gasteiger partial charge in [0.25, 0.3) is 0 Å². The van der Waals surface area contributed by atoms with Crippen LogP contribution in [0.3, 0.4) is 0 Å². The second kappa shape index (κ2) is 4.99. The molecule has 1 aromatic carbocycles. The predicted octanol–water partition coefficient (Wildman–Crippen LogP) is 3.21. The van der Waals surface area contributed by atoms with Crippen molar-refractivity contribution in [2.45, 2.75) is 13.0 Å². The fourth-order valence-electron chi connectivity index (χ4n) is 2.07. The van der Waals surface area contributed by atoms with E-state index in [0.29, 0.717) is 20.3 Å². The maximum Gasteiger partial charge on any atom is 0.178 e. The third-order valence-electron chi connectivity index (χ3n) is 2.74. The zero-order valence-electron chi connectivity index (χ0n) is 10.3. The van der Waals surface area contributed by atoms with E-state index in [-0.39, 0.29) is 11.8 Å². The first-order valence-electron chi connectivity index (χ1n) is 5.46. The van der Waals surface area contributed by atoms with E-state index in [2.05, 4.69) is 20.9 Å². The lowest BCUT2D eigenvalue weighted by Crippen LogP contribution is -2.16. The Balaban J connectivity index is 2.63. The van der Waals surface area contributed by atoms with Crippen LogP contribution in [0.5, 0.6) is 0 Å². The molecule has 0 saturated carbocycles. The van der Waals surface area contributed by atoms with Crippen LogP contribution in [0.25, 0.3) is 11.0 Å². The van der Waals surface area contributed by atoms with Crippen molar-refractivity contribution >= 4 is 49.0 Å². The average molecular weight is 367 g/mol. The second-order valence-electron chi connectivity index (χ2n) is 4.53. The molecule has 1 heterocycles. The van der Waals surface area contributed by atoms with Crippen LogP contribution >= 0.6 is 28.1 Å². The van der Waals surface area contributed by atoms with Gasteiger partial charge in [-0.3, -0.25) is 0 Å². The van der Waals surface area contributed by atoms with Crippen molar-refractivity contribution in [3.63, 3.8) is 0 Å². The van der Waals surface area contributed by atoms with Gasteiger partial charge in [-0.2, -0.15) is 0 Å². The summed E-state index contributed by atoms with van der Waals surface area (Å²) in [5, 5.41) is 0. The summed E-state index contributed by atoms with van der Waals surface area (Å²) in [6, 6.07) is 2.56. The van der Waals surface area contributed by atoms with Gasteiger partial charge in [0.1, 0.15) is 15.7 Å². The summed E-state index contributed by atoms with van der Waals surface area (Å²) >= 11 is 8.28. The smallest absolute Gasteiger partial charge is 0.178 e. The standard InChI is InChI=1S/C11H12BrFN2O2S2/c1-6(5-19(2,16)17)15-10-4-8(13)7(12)3-9(10)14-11(15)18/h3-4,6H,5H2,1-2H3,(H,14,18). The van der Waals surface area contributed by atoms with Crippen LogP contribution in [-0.2, 0) is 9.84 Å². The number of sulfone groups is 1. The first-order chi connectivity index (χ1) is 8.69. The molecular formula is C11H12BrFN2O2S2. The molecule has 1 N–H and O–H groups in total. The van der Waals surface area contributed by atoms with Crippen molar-refractivity contribution in [1.29, 1.82) is 0 Å². The molecule has 0 amide bonds. The maximum absolute atomic E-state index is 13.6. The van der Waals surface area contributed by atoms with E-state index >= 15 is 0 Å². The Labute approximate surface area is 123 Å². The molecule has 2 rings (SSSR count). The molecule has 0 spiro atoms. The van der Waals surface area contributed by atoms with Crippen molar-refractivity contribution < 1.29 is 12.8 Å². The number of H-pyrrole nitrogens is 1. The number of halogens is 2. The normalized spacial score (nSPS) is 13.9. The molecule has 19 heavy (non-hydrogen) atoms. The van der Waals surface area contributed by atoms with E-state index < -0.39 is 15.7 Å². The molecule has 1 atom stereocenters. The van der Waals surface area contributed by atoms with Gasteiger partial charge in [0.2, 0.25) is 0 Å². The van der Waals surface area contributed by atoms with Crippen molar-refractivity contribution in [2.24, 2.45) is 0 Å². The molecular weight excluding hydrogens is 355 g/mol. The molecule has 2 aromatic rings. The number of fused-ring (bicyclic) bond motifs is 1. The van der Waals surface area contributed by atoms with Gasteiger partial charge in [0.15, 0.2) is 4.77 Å². The fraction of sp³-hybridized carbons (Fsp3) is 0.364. The number of hydrogen-bond donors (Lipinski definition) is 1. The molecule has 0 bridgehead atoms. The Bertz CT molecular complexity index is 795. The molecule has 0 fully saturated rings. The lowest BCUT2D eigenvalue weighted by Gasteiger charge is -2.13. The van der Waals surface area contributed by atoms with Gasteiger partial charge in [0.05, 0.1) is 21.3 Å². The third-order valence-corrected chi connectivity index (χ3v) is 4.74. The molecule has 0 saturated heterocycles. The molecule has 4 nitrogen and oxygen atoms in total. The summed E-state index contributed by atoms with van der Waals surface area (Å²) in [6.45, 7) is 1.74. The number of aromatic nitrogens is 2. The summed E-state index contributed by atoms with van der Waals surface area (Å²) in [5.74, 6) is -0.465. The lowest BCUT2D eigenvalue weighted by atomic mass is 10.3. The Hall–Kier alpha value is -0.730. The maximum atomic E-state index is 13.6. The van der Waals surface area contributed by atoms with E-state index in [4.69, 9.17) is 12.2 Å². The van der Waals surface area contributed by atoms with Gasteiger partial charge in [-0.25, -0.2) is 12.8 Å². The van der Waals surface area contributed by atoms with Crippen LogP contribution in [0, 0.1) is 10.6 Å². The van der Waals surface area contributed by atoms with Gasteiger partial charge in [0, 0.05) is 18.4 Å². The monoisotopic (exact) mass is 366 g/mol. The van der Waals surface area contributed by atoms with Crippen LogP contribution in [-0.4, -0.2) is 30.0 Å². The number of aromatic amines is 1. The Kier molecular flexibility index (Phi) is 3.85. The molecule has 0 aliphatic carbocycles. The SMILES string of the molecule is CC(CS(C)(=O)=O)n1c(=S)[nH]c2cc(Br)c(F)cc21. The number of nitrogens with zero attached hydrogens (tertiary/aromatic N) is 1. The number of rotatable bonds is 3. The van der Waals surface area contributed by atoms with E-state index in [9.17, 15) is 12.8 Å². The summed E-state index contributed by atoms with van der Waals surface area (Å²) in [6.07, 6.45) is 1.17. The number of benzene rings is 1. The van der Waals surface area contributed by atoms with Crippen LogP contribution in [0.15, 0.2) is 16.6 Å². The van der Waals surface area contributed by atoms with Crippen molar-refractivity contribution in [1.82, 2.24) is 9.55 Å². The molecule has 0 aliphatic rings. The molecule has 0 aliphatic heterocycles. The zero-order valence-corrected chi connectivity index (χ0v) is 13.5. The van der Waals surface area contributed by atoms with Gasteiger partial charge < -0.3 is 9.55 Å². The Morgan fingerprint density at radius 1 is 1.53 bits per heavy atom. The number of hydrogen-bond acceptors (Lipinski definition) is 3. The molecule has 104 valence electrons. The van der Waals surface area contributed by atoms with E-state index in [1.165, 1.54) is 12.3 Å². The highest BCUT2D eigenvalue weighted by Crippen LogP contribution is 2.25. The topological polar surface area (TPSA) is 54.9 Å². The van der Waals surface area contributed by atoms with E-state index in [0.717, 1.165) is 0 Å². The van der Waals surface area contributed by atoms with Crippen LogP contribution in [0.2, 0.25) is 0 Å². The summed E-state index contributed by atoms with van der Waals surface area (Å²) in [7, 11) is -3.14. The van der Waals surface area contributed by atoms with Gasteiger partial charge >= 0.3 is 0 Å². The van der Waals surface area contributed by atoms with Gasteiger partial charge in [-0.15, -0.1) is 0 Å². The quantitative estimate of drug-likeness (QED) is 0.848. The van der Waals surface area contributed by atoms with E-state index in [1.807, 2.05) is 0 Å². The Morgan fingerprint density at radius 3 is 2.74 bits per heavy atom. The van der Waals surface area contributed by atoms with Crippen molar-refractivity contribution in [3.8, 4) is 0 Å². The highest BCUT2D eigenvalue weighted by atomic mass is 79.9. The van der Waals surface area contributed by atoms with Crippen LogP contribution < -0.4 is 0 Å². The number of imidazole rings is 1. The minimum atomic E-state index is -3.14. The Morgan fingerprint density at radius 2 is 2.16 bits per heavy atom. The second-order valence-corrected chi connectivity index (χ2v) is 7.95. The van der Waals surface area contributed by atoms with E-state index in [1.54, 1.807) is 17.6 Å². The highest BCUT2D eigenvalue weighted by molar-refractivity contribution is 9.10. The van der Waals surface area contributed by atoms with Gasteiger partial charge in [-0.05, 0) is 41.1 Å².